The SMILES string of the molecule is CCCC(=O)NCCc1cc(-c2cccc(C(=O)O)c2)cc2ccc(OC)cc12. The van der Waals surface area contributed by atoms with Gasteiger partial charge in [-0.05, 0) is 70.6 Å². The maximum atomic E-state index is 11.8. The Kier molecular flexibility index (Phi) is 6.50. The van der Waals surface area contributed by atoms with Gasteiger partial charge in [-0.1, -0.05) is 31.2 Å². The second-order valence-electron chi connectivity index (χ2n) is 6.96. The van der Waals surface area contributed by atoms with Crippen molar-refractivity contribution < 1.29 is 19.4 Å². The molecule has 3 rings (SSSR count). The summed E-state index contributed by atoms with van der Waals surface area (Å²) in [6.45, 7) is 2.53. The van der Waals surface area contributed by atoms with Crippen molar-refractivity contribution in [2.24, 2.45) is 0 Å². The molecule has 0 radical (unpaired) electrons. The number of carbonyl (C=O) groups is 2. The first-order valence-electron chi connectivity index (χ1n) is 9.73. The third kappa shape index (κ3) is 4.93. The Morgan fingerprint density at radius 1 is 1.03 bits per heavy atom. The molecule has 0 bridgehead atoms. The van der Waals surface area contributed by atoms with Crippen molar-refractivity contribution >= 4 is 22.6 Å². The lowest BCUT2D eigenvalue weighted by molar-refractivity contribution is -0.121. The largest absolute Gasteiger partial charge is 0.497 e. The zero-order chi connectivity index (χ0) is 20.8. The summed E-state index contributed by atoms with van der Waals surface area (Å²) in [6, 6.07) is 16.9. The molecule has 0 atom stereocenters. The molecule has 0 aliphatic heterocycles. The van der Waals surface area contributed by atoms with Crippen LogP contribution in [0.4, 0.5) is 0 Å². The normalized spacial score (nSPS) is 10.7. The molecule has 0 saturated carbocycles. The van der Waals surface area contributed by atoms with E-state index in [-0.39, 0.29) is 11.5 Å². The van der Waals surface area contributed by atoms with E-state index in [1.807, 2.05) is 31.2 Å². The van der Waals surface area contributed by atoms with E-state index >= 15 is 0 Å². The van der Waals surface area contributed by atoms with Crippen LogP contribution >= 0.6 is 0 Å². The van der Waals surface area contributed by atoms with Crippen molar-refractivity contribution in [3.05, 3.63) is 65.7 Å². The van der Waals surface area contributed by atoms with Crippen LogP contribution in [0, 0.1) is 0 Å². The molecule has 1 amide bonds. The molecule has 3 aromatic carbocycles. The van der Waals surface area contributed by atoms with Gasteiger partial charge in [-0.2, -0.15) is 0 Å². The summed E-state index contributed by atoms with van der Waals surface area (Å²) in [5.41, 5.74) is 3.12. The number of carbonyl (C=O) groups excluding carboxylic acids is 1. The Bertz CT molecular complexity index is 1040. The van der Waals surface area contributed by atoms with Gasteiger partial charge in [0.25, 0.3) is 0 Å². The first-order chi connectivity index (χ1) is 14.0. The third-order valence-electron chi connectivity index (χ3n) is 4.88. The van der Waals surface area contributed by atoms with Crippen molar-refractivity contribution in [3.8, 4) is 16.9 Å². The molecule has 5 nitrogen and oxygen atoms in total. The van der Waals surface area contributed by atoms with E-state index in [2.05, 4.69) is 17.4 Å². The fourth-order valence-corrected chi connectivity index (χ4v) is 3.40. The Hall–Kier alpha value is -3.34. The molecular formula is C24H25NO4. The van der Waals surface area contributed by atoms with Gasteiger partial charge in [0.05, 0.1) is 12.7 Å². The zero-order valence-electron chi connectivity index (χ0n) is 16.7. The number of hydrogen-bond donors (Lipinski definition) is 2. The topological polar surface area (TPSA) is 75.6 Å². The van der Waals surface area contributed by atoms with Crippen LogP contribution in [0.2, 0.25) is 0 Å². The van der Waals surface area contributed by atoms with Crippen LogP contribution in [0.15, 0.2) is 54.6 Å². The van der Waals surface area contributed by atoms with E-state index in [1.165, 1.54) is 0 Å². The highest BCUT2D eigenvalue weighted by Crippen LogP contribution is 2.31. The Labute approximate surface area is 170 Å². The van der Waals surface area contributed by atoms with E-state index in [9.17, 15) is 14.7 Å². The molecule has 0 saturated heterocycles. The third-order valence-corrected chi connectivity index (χ3v) is 4.88. The van der Waals surface area contributed by atoms with E-state index in [1.54, 1.807) is 25.3 Å². The average molecular weight is 391 g/mol. The maximum absolute atomic E-state index is 11.8. The molecule has 29 heavy (non-hydrogen) atoms. The molecule has 0 heterocycles. The minimum atomic E-state index is -0.948. The van der Waals surface area contributed by atoms with Gasteiger partial charge in [0, 0.05) is 13.0 Å². The molecule has 0 aliphatic carbocycles. The predicted octanol–water partition coefficient (Wildman–Crippen LogP) is 4.67. The molecule has 0 unspecified atom stereocenters. The molecule has 0 aromatic heterocycles. The summed E-state index contributed by atoms with van der Waals surface area (Å²) in [6.07, 6.45) is 2.02. The quantitative estimate of drug-likeness (QED) is 0.585. The predicted molar refractivity (Wildman–Crippen MR) is 115 cm³/mol. The highest BCUT2D eigenvalue weighted by atomic mass is 16.5. The smallest absolute Gasteiger partial charge is 0.335 e. The summed E-state index contributed by atoms with van der Waals surface area (Å²) in [5, 5.41) is 14.4. The van der Waals surface area contributed by atoms with Gasteiger partial charge in [-0.25, -0.2) is 4.79 Å². The number of carboxylic acid groups (broad SMARTS) is 1. The van der Waals surface area contributed by atoms with Crippen LogP contribution in [0.5, 0.6) is 5.75 Å². The van der Waals surface area contributed by atoms with Crippen molar-refractivity contribution in [2.75, 3.05) is 13.7 Å². The number of ether oxygens (including phenoxy) is 1. The number of hydrogen-bond acceptors (Lipinski definition) is 3. The zero-order valence-corrected chi connectivity index (χ0v) is 16.7. The first kappa shape index (κ1) is 20.4. The molecule has 0 fully saturated rings. The minimum absolute atomic E-state index is 0.0553. The molecular weight excluding hydrogens is 366 g/mol. The van der Waals surface area contributed by atoms with Crippen LogP contribution in [-0.2, 0) is 11.2 Å². The standard InChI is InChI=1S/C24H25NO4/c1-3-5-23(26)25-11-10-18-14-20(16-6-4-7-19(12-16)24(27)28)13-17-8-9-21(29-2)15-22(17)18/h4,6-9,12-15H,3,5,10-11H2,1-2H3,(H,25,26)(H,27,28). The monoisotopic (exact) mass is 391 g/mol. The van der Waals surface area contributed by atoms with Gasteiger partial charge in [0.2, 0.25) is 5.91 Å². The number of amides is 1. The molecule has 150 valence electrons. The van der Waals surface area contributed by atoms with Crippen LogP contribution < -0.4 is 10.1 Å². The van der Waals surface area contributed by atoms with Gasteiger partial charge in [-0.3, -0.25) is 4.79 Å². The number of methoxy groups -OCH3 is 1. The average Bonchev–Trinajstić information content (AvgIpc) is 2.73. The molecule has 0 aliphatic rings. The summed E-state index contributed by atoms with van der Waals surface area (Å²) < 4.78 is 5.37. The van der Waals surface area contributed by atoms with Crippen LogP contribution in [-0.4, -0.2) is 30.6 Å². The lowest BCUT2D eigenvalue weighted by atomic mass is 9.94. The van der Waals surface area contributed by atoms with E-state index in [4.69, 9.17) is 4.74 Å². The maximum Gasteiger partial charge on any atom is 0.335 e. The highest BCUT2D eigenvalue weighted by Gasteiger charge is 2.10. The molecule has 5 heteroatoms. The molecule has 0 spiro atoms. The fourth-order valence-electron chi connectivity index (χ4n) is 3.40. The number of benzene rings is 3. The van der Waals surface area contributed by atoms with Gasteiger partial charge in [0.15, 0.2) is 0 Å². The molecule has 2 N–H and O–H groups in total. The van der Waals surface area contributed by atoms with Crippen LogP contribution in [0.3, 0.4) is 0 Å². The lowest BCUT2D eigenvalue weighted by Gasteiger charge is -2.13. The number of aromatic carboxylic acids is 1. The number of nitrogens with one attached hydrogen (secondary N) is 1. The van der Waals surface area contributed by atoms with Crippen molar-refractivity contribution in [2.45, 2.75) is 26.2 Å². The number of fused-ring (bicyclic) bond motifs is 1. The van der Waals surface area contributed by atoms with E-state index < -0.39 is 5.97 Å². The Balaban J connectivity index is 2.00. The van der Waals surface area contributed by atoms with Gasteiger partial charge in [-0.15, -0.1) is 0 Å². The van der Waals surface area contributed by atoms with Gasteiger partial charge < -0.3 is 15.2 Å². The van der Waals surface area contributed by atoms with E-state index in [0.29, 0.717) is 19.4 Å². The van der Waals surface area contributed by atoms with E-state index in [0.717, 1.165) is 39.6 Å². The minimum Gasteiger partial charge on any atom is -0.497 e. The first-order valence-corrected chi connectivity index (χ1v) is 9.73. The highest BCUT2D eigenvalue weighted by molar-refractivity contribution is 5.93. The number of carboxylic acids is 1. The summed E-state index contributed by atoms with van der Waals surface area (Å²) in [4.78, 5) is 23.1. The van der Waals surface area contributed by atoms with Crippen molar-refractivity contribution in [1.82, 2.24) is 5.32 Å². The molecule has 3 aromatic rings. The van der Waals surface area contributed by atoms with Gasteiger partial charge >= 0.3 is 5.97 Å². The van der Waals surface area contributed by atoms with Crippen molar-refractivity contribution in [3.63, 3.8) is 0 Å². The van der Waals surface area contributed by atoms with Crippen molar-refractivity contribution in [1.29, 1.82) is 0 Å². The Morgan fingerprint density at radius 2 is 1.86 bits per heavy atom. The summed E-state index contributed by atoms with van der Waals surface area (Å²) in [5.74, 6) is -0.120. The Morgan fingerprint density at radius 3 is 2.59 bits per heavy atom. The summed E-state index contributed by atoms with van der Waals surface area (Å²) >= 11 is 0. The lowest BCUT2D eigenvalue weighted by Crippen LogP contribution is -2.25. The van der Waals surface area contributed by atoms with Gasteiger partial charge in [0.1, 0.15) is 5.75 Å². The second-order valence-corrected chi connectivity index (χ2v) is 6.96. The summed E-state index contributed by atoms with van der Waals surface area (Å²) in [7, 11) is 1.64. The fraction of sp³-hybridized carbons (Fsp3) is 0.250. The number of rotatable bonds is 8. The van der Waals surface area contributed by atoms with Crippen LogP contribution in [0.25, 0.3) is 21.9 Å². The van der Waals surface area contributed by atoms with Crippen LogP contribution in [0.1, 0.15) is 35.7 Å². The second kappa shape index (κ2) is 9.24.